The van der Waals surface area contributed by atoms with Crippen LogP contribution in [0.4, 0.5) is 4.79 Å². The SMILES string of the molecule is CC(=O)N1CCN(C(=O)N2CC(C(=O)O)C2)CC1. The molecule has 0 aromatic rings. The monoisotopic (exact) mass is 255 g/mol. The molecule has 0 unspecified atom stereocenters. The molecular formula is C11H17N3O4. The van der Waals surface area contributed by atoms with E-state index in [2.05, 4.69) is 0 Å². The molecule has 7 nitrogen and oxygen atoms in total. The molecular weight excluding hydrogens is 238 g/mol. The van der Waals surface area contributed by atoms with E-state index in [0.29, 0.717) is 39.3 Å². The zero-order chi connectivity index (χ0) is 13.3. The summed E-state index contributed by atoms with van der Waals surface area (Å²) < 4.78 is 0. The first-order chi connectivity index (χ1) is 8.49. The minimum absolute atomic E-state index is 0.0250. The van der Waals surface area contributed by atoms with E-state index in [-0.39, 0.29) is 11.9 Å². The smallest absolute Gasteiger partial charge is 0.320 e. The Labute approximate surface area is 105 Å². The predicted octanol–water partition coefficient (Wildman–Crippen LogP) is -0.713. The van der Waals surface area contributed by atoms with Gasteiger partial charge in [0.25, 0.3) is 0 Å². The Balaban J connectivity index is 1.79. The van der Waals surface area contributed by atoms with Gasteiger partial charge in [-0.2, -0.15) is 0 Å². The fraction of sp³-hybridized carbons (Fsp3) is 0.727. The van der Waals surface area contributed by atoms with Gasteiger partial charge in [0.2, 0.25) is 5.91 Å². The molecule has 2 aliphatic rings. The highest BCUT2D eigenvalue weighted by Gasteiger charge is 2.38. The van der Waals surface area contributed by atoms with E-state index in [1.807, 2.05) is 0 Å². The highest BCUT2D eigenvalue weighted by Crippen LogP contribution is 2.18. The van der Waals surface area contributed by atoms with Crippen molar-refractivity contribution in [3.05, 3.63) is 0 Å². The van der Waals surface area contributed by atoms with Crippen molar-refractivity contribution < 1.29 is 19.5 Å². The number of carbonyl (C=O) groups is 3. The van der Waals surface area contributed by atoms with Crippen molar-refractivity contribution in [3.63, 3.8) is 0 Å². The standard InChI is InChI=1S/C11H17N3O4/c1-8(15)12-2-4-13(5-3-12)11(18)14-6-9(7-14)10(16)17/h9H,2-7H2,1H3,(H,16,17). The third-order valence-electron chi connectivity index (χ3n) is 3.50. The van der Waals surface area contributed by atoms with E-state index in [1.165, 1.54) is 6.92 Å². The van der Waals surface area contributed by atoms with Gasteiger partial charge in [-0.05, 0) is 0 Å². The van der Waals surface area contributed by atoms with Gasteiger partial charge in [-0.25, -0.2) is 4.79 Å². The lowest BCUT2D eigenvalue weighted by molar-refractivity contribution is -0.146. The number of amides is 3. The summed E-state index contributed by atoms with van der Waals surface area (Å²) >= 11 is 0. The number of likely N-dealkylation sites (tertiary alicyclic amines) is 1. The molecule has 0 saturated carbocycles. The lowest BCUT2D eigenvalue weighted by atomic mass is 10.0. The van der Waals surface area contributed by atoms with Crippen LogP contribution in [0.15, 0.2) is 0 Å². The first kappa shape index (κ1) is 12.7. The molecule has 7 heteroatoms. The summed E-state index contributed by atoms with van der Waals surface area (Å²) in [5.74, 6) is -1.25. The topological polar surface area (TPSA) is 81.2 Å². The Morgan fingerprint density at radius 1 is 0.944 bits per heavy atom. The van der Waals surface area contributed by atoms with E-state index in [4.69, 9.17) is 5.11 Å². The fourth-order valence-corrected chi connectivity index (χ4v) is 2.20. The van der Waals surface area contributed by atoms with Gasteiger partial charge >= 0.3 is 12.0 Å². The van der Waals surface area contributed by atoms with Gasteiger partial charge in [0.15, 0.2) is 0 Å². The van der Waals surface area contributed by atoms with Crippen molar-refractivity contribution >= 4 is 17.9 Å². The summed E-state index contributed by atoms with van der Waals surface area (Å²) in [6, 6.07) is -0.115. The normalized spacial score (nSPS) is 20.6. The Bertz CT molecular complexity index is 370. The summed E-state index contributed by atoms with van der Waals surface area (Å²) in [4.78, 5) is 38.7. The molecule has 0 spiro atoms. The quantitative estimate of drug-likeness (QED) is 0.671. The lowest BCUT2D eigenvalue weighted by Gasteiger charge is -2.42. The molecule has 0 aromatic heterocycles. The van der Waals surface area contributed by atoms with Crippen molar-refractivity contribution in [1.29, 1.82) is 0 Å². The zero-order valence-electron chi connectivity index (χ0n) is 10.3. The summed E-state index contributed by atoms with van der Waals surface area (Å²) in [5, 5.41) is 8.74. The molecule has 0 radical (unpaired) electrons. The van der Waals surface area contributed by atoms with Crippen molar-refractivity contribution in [3.8, 4) is 0 Å². The third-order valence-corrected chi connectivity index (χ3v) is 3.50. The van der Waals surface area contributed by atoms with Crippen LogP contribution >= 0.6 is 0 Å². The average molecular weight is 255 g/mol. The number of rotatable bonds is 1. The second-order valence-corrected chi connectivity index (χ2v) is 4.72. The number of carboxylic acids is 1. The van der Waals surface area contributed by atoms with E-state index < -0.39 is 11.9 Å². The van der Waals surface area contributed by atoms with Gasteiger partial charge in [0.1, 0.15) is 0 Å². The summed E-state index contributed by atoms with van der Waals surface area (Å²) in [6.45, 7) is 4.25. The molecule has 0 atom stereocenters. The van der Waals surface area contributed by atoms with Gasteiger partial charge in [0.05, 0.1) is 5.92 Å². The number of urea groups is 1. The summed E-state index contributed by atoms with van der Waals surface area (Å²) in [6.07, 6.45) is 0. The van der Waals surface area contributed by atoms with Crippen molar-refractivity contribution in [2.45, 2.75) is 6.92 Å². The Morgan fingerprint density at radius 2 is 1.44 bits per heavy atom. The second kappa shape index (κ2) is 4.83. The van der Waals surface area contributed by atoms with E-state index in [9.17, 15) is 14.4 Å². The Kier molecular flexibility index (Phi) is 3.40. The molecule has 2 fully saturated rings. The fourth-order valence-electron chi connectivity index (χ4n) is 2.20. The van der Waals surface area contributed by atoms with Gasteiger partial charge in [-0.1, -0.05) is 0 Å². The molecule has 100 valence electrons. The highest BCUT2D eigenvalue weighted by atomic mass is 16.4. The number of aliphatic carboxylic acids is 1. The lowest BCUT2D eigenvalue weighted by Crippen LogP contribution is -2.60. The second-order valence-electron chi connectivity index (χ2n) is 4.72. The predicted molar refractivity (Wildman–Crippen MR) is 61.9 cm³/mol. The molecule has 0 aliphatic carbocycles. The van der Waals surface area contributed by atoms with Crippen LogP contribution in [0.25, 0.3) is 0 Å². The summed E-state index contributed by atoms with van der Waals surface area (Å²) in [5.41, 5.74) is 0. The van der Waals surface area contributed by atoms with Crippen molar-refractivity contribution in [1.82, 2.24) is 14.7 Å². The van der Waals surface area contributed by atoms with Crippen LogP contribution in [-0.2, 0) is 9.59 Å². The molecule has 0 bridgehead atoms. The van der Waals surface area contributed by atoms with Gasteiger partial charge in [-0.15, -0.1) is 0 Å². The molecule has 18 heavy (non-hydrogen) atoms. The minimum atomic E-state index is -0.847. The molecule has 3 amide bonds. The maximum absolute atomic E-state index is 12.0. The molecule has 2 heterocycles. The van der Waals surface area contributed by atoms with Crippen LogP contribution in [0.1, 0.15) is 6.92 Å². The number of piperazine rings is 1. The zero-order valence-corrected chi connectivity index (χ0v) is 10.3. The third kappa shape index (κ3) is 2.39. The average Bonchev–Trinajstić information content (AvgIpc) is 2.26. The van der Waals surface area contributed by atoms with Gasteiger partial charge in [0, 0.05) is 46.2 Å². The number of carboxylic acid groups (broad SMARTS) is 1. The number of hydrogen-bond acceptors (Lipinski definition) is 3. The van der Waals surface area contributed by atoms with Crippen LogP contribution < -0.4 is 0 Å². The van der Waals surface area contributed by atoms with Crippen molar-refractivity contribution in [2.75, 3.05) is 39.3 Å². The maximum Gasteiger partial charge on any atom is 0.320 e. The van der Waals surface area contributed by atoms with Crippen LogP contribution in [0.2, 0.25) is 0 Å². The largest absolute Gasteiger partial charge is 0.481 e. The van der Waals surface area contributed by atoms with Crippen LogP contribution in [-0.4, -0.2) is 77.0 Å². The molecule has 1 N–H and O–H groups in total. The van der Waals surface area contributed by atoms with E-state index in [0.717, 1.165) is 0 Å². The number of hydrogen-bond donors (Lipinski definition) is 1. The Morgan fingerprint density at radius 3 is 1.89 bits per heavy atom. The van der Waals surface area contributed by atoms with E-state index >= 15 is 0 Å². The van der Waals surface area contributed by atoms with Crippen molar-refractivity contribution in [2.24, 2.45) is 5.92 Å². The Hall–Kier alpha value is -1.79. The van der Waals surface area contributed by atoms with E-state index in [1.54, 1.807) is 14.7 Å². The molecule has 0 aromatic carbocycles. The van der Waals surface area contributed by atoms with Crippen LogP contribution in [0.5, 0.6) is 0 Å². The number of carbonyl (C=O) groups excluding carboxylic acids is 2. The molecule has 2 rings (SSSR count). The van der Waals surface area contributed by atoms with Gasteiger partial charge < -0.3 is 19.8 Å². The summed E-state index contributed by atoms with van der Waals surface area (Å²) in [7, 11) is 0. The highest BCUT2D eigenvalue weighted by molar-refractivity contribution is 5.80. The minimum Gasteiger partial charge on any atom is -0.481 e. The molecule has 2 aliphatic heterocycles. The first-order valence-corrected chi connectivity index (χ1v) is 6.01. The molecule has 2 saturated heterocycles. The first-order valence-electron chi connectivity index (χ1n) is 6.01. The number of nitrogens with zero attached hydrogens (tertiary/aromatic N) is 3. The van der Waals surface area contributed by atoms with Gasteiger partial charge in [-0.3, -0.25) is 9.59 Å². The van der Waals surface area contributed by atoms with Crippen LogP contribution in [0.3, 0.4) is 0 Å². The van der Waals surface area contributed by atoms with Crippen LogP contribution in [0, 0.1) is 5.92 Å². The maximum atomic E-state index is 12.0.